The molecule has 0 unspecified atom stereocenters. The summed E-state index contributed by atoms with van der Waals surface area (Å²) in [7, 11) is 0. The van der Waals surface area contributed by atoms with Crippen molar-refractivity contribution in [1.29, 1.82) is 0 Å². The van der Waals surface area contributed by atoms with Gasteiger partial charge in [0.1, 0.15) is 12.0 Å². The molecule has 0 aromatic carbocycles. The maximum Gasteiger partial charge on any atom is 0.255 e. The Hall–Kier alpha value is -1.89. The molecular weight excluding hydrogens is 231 g/mol. The first-order valence-corrected chi connectivity index (χ1v) is 4.79. The van der Waals surface area contributed by atoms with E-state index in [2.05, 4.69) is 19.9 Å². The van der Waals surface area contributed by atoms with Crippen LogP contribution in [0.4, 0.5) is 4.39 Å². The lowest BCUT2D eigenvalue weighted by Crippen LogP contribution is -2.13. The SMILES string of the molecule is Cc1c(-c2ncncc2F)[nH]c(=S)[nH]c1=O. The summed E-state index contributed by atoms with van der Waals surface area (Å²) < 4.78 is 13.6. The van der Waals surface area contributed by atoms with E-state index in [-0.39, 0.29) is 21.7 Å². The molecule has 2 N–H and O–H groups in total. The minimum Gasteiger partial charge on any atom is -0.330 e. The van der Waals surface area contributed by atoms with Crippen molar-refractivity contribution in [1.82, 2.24) is 19.9 Å². The first-order chi connectivity index (χ1) is 7.59. The Bertz CT molecular complexity index is 648. The summed E-state index contributed by atoms with van der Waals surface area (Å²) in [6.07, 6.45) is 2.23. The normalized spacial score (nSPS) is 10.4. The second-order valence-corrected chi connectivity index (χ2v) is 3.54. The number of halogens is 1. The topological polar surface area (TPSA) is 74.4 Å². The van der Waals surface area contributed by atoms with E-state index in [0.717, 1.165) is 6.20 Å². The van der Waals surface area contributed by atoms with E-state index in [4.69, 9.17) is 12.2 Å². The van der Waals surface area contributed by atoms with Crippen molar-refractivity contribution in [3.8, 4) is 11.4 Å². The highest BCUT2D eigenvalue weighted by atomic mass is 32.1. The molecule has 0 bridgehead atoms. The highest BCUT2D eigenvalue weighted by Gasteiger charge is 2.11. The fourth-order valence-electron chi connectivity index (χ4n) is 1.28. The first kappa shape index (κ1) is 10.6. The molecule has 2 aromatic heterocycles. The highest BCUT2D eigenvalue weighted by molar-refractivity contribution is 7.71. The van der Waals surface area contributed by atoms with E-state index in [1.165, 1.54) is 6.33 Å². The Morgan fingerprint density at radius 2 is 2.19 bits per heavy atom. The standard InChI is InChI=1S/C9H7FN4OS/c1-4-6(13-9(16)14-8(4)15)7-5(10)2-11-3-12-7/h2-3H,1H3,(H2,13,14,15,16). The molecule has 2 heterocycles. The molecule has 0 saturated carbocycles. The second-order valence-electron chi connectivity index (χ2n) is 3.13. The highest BCUT2D eigenvalue weighted by Crippen LogP contribution is 2.17. The minimum absolute atomic E-state index is 0.0321. The Kier molecular flexibility index (Phi) is 2.61. The maximum atomic E-state index is 13.4. The van der Waals surface area contributed by atoms with E-state index in [0.29, 0.717) is 5.56 Å². The summed E-state index contributed by atoms with van der Waals surface area (Å²) in [5, 5.41) is 0. The molecule has 0 amide bonds. The van der Waals surface area contributed by atoms with Crippen LogP contribution in [0.15, 0.2) is 17.3 Å². The monoisotopic (exact) mass is 238 g/mol. The van der Waals surface area contributed by atoms with Crippen molar-refractivity contribution in [3.63, 3.8) is 0 Å². The van der Waals surface area contributed by atoms with Crippen molar-refractivity contribution >= 4 is 12.2 Å². The number of aromatic nitrogens is 4. The molecule has 0 aliphatic heterocycles. The number of rotatable bonds is 1. The van der Waals surface area contributed by atoms with Gasteiger partial charge in [-0.25, -0.2) is 14.4 Å². The van der Waals surface area contributed by atoms with Crippen LogP contribution >= 0.6 is 12.2 Å². The van der Waals surface area contributed by atoms with Gasteiger partial charge < -0.3 is 4.98 Å². The average Bonchev–Trinajstić information content (AvgIpc) is 2.24. The predicted molar refractivity (Wildman–Crippen MR) is 58.0 cm³/mol. The lowest BCUT2D eigenvalue weighted by atomic mass is 10.2. The van der Waals surface area contributed by atoms with E-state index in [1.807, 2.05) is 0 Å². The van der Waals surface area contributed by atoms with Gasteiger partial charge in [0.2, 0.25) is 0 Å². The molecule has 7 heteroatoms. The fourth-order valence-corrected chi connectivity index (χ4v) is 1.48. The quantitative estimate of drug-likeness (QED) is 0.735. The van der Waals surface area contributed by atoms with Crippen LogP contribution in [0.3, 0.4) is 0 Å². The number of nitrogens with zero attached hydrogens (tertiary/aromatic N) is 2. The molecule has 2 aromatic rings. The van der Waals surface area contributed by atoms with Crippen molar-refractivity contribution in [2.45, 2.75) is 6.92 Å². The number of hydrogen-bond acceptors (Lipinski definition) is 4. The van der Waals surface area contributed by atoms with Gasteiger partial charge in [-0.15, -0.1) is 0 Å². The van der Waals surface area contributed by atoms with Crippen molar-refractivity contribution in [3.05, 3.63) is 39.0 Å². The van der Waals surface area contributed by atoms with Crippen LogP contribution in [-0.2, 0) is 0 Å². The summed E-state index contributed by atoms with van der Waals surface area (Å²) in [6.45, 7) is 1.56. The molecular formula is C9H7FN4OS. The number of nitrogens with one attached hydrogen (secondary N) is 2. The second kappa shape index (κ2) is 3.93. The first-order valence-electron chi connectivity index (χ1n) is 4.38. The number of aromatic amines is 2. The van der Waals surface area contributed by atoms with E-state index >= 15 is 0 Å². The van der Waals surface area contributed by atoms with Gasteiger partial charge >= 0.3 is 0 Å². The van der Waals surface area contributed by atoms with Crippen molar-refractivity contribution < 1.29 is 4.39 Å². The summed E-state index contributed by atoms with van der Waals surface area (Å²) in [6, 6.07) is 0. The van der Waals surface area contributed by atoms with Crippen molar-refractivity contribution in [2.24, 2.45) is 0 Å². The van der Waals surface area contributed by atoms with Gasteiger partial charge in [0.05, 0.1) is 11.9 Å². The smallest absolute Gasteiger partial charge is 0.255 e. The van der Waals surface area contributed by atoms with Crippen LogP contribution in [0.25, 0.3) is 11.4 Å². The van der Waals surface area contributed by atoms with E-state index in [9.17, 15) is 9.18 Å². The minimum atomic E-state index is -0.609. The molecule has 2 rings (SSSR count). The zero-order chi connectivity index (χ0) is 11.7. The average molecular weight is 238 g/mol. The van der Waals surface area contributed by atoms with Crippen LogP contribution in [0.5, 0.6) is 0 Å². The molecule has 82 valence electrons. The predicted octanol–water partition coefficient (Wildman–Crippen LogP) is 1.34. The van der Waals surface area contributed by atoms with Gasteiger partial charge in [-0.3, -0.25) is 9.78 Å². The fraction of sp³-hybridized carbons (Fsp3) is 0.111. The van der Waals surface area contributed by atoms with Crippen LogP contribution < -0.4 is 5.56 Å². The molecule has 0 radical (unpaired) electrons. The molecule has 5 nitrogen and oxygen atoms in total. The Morgan fingerprint density at radius 1 is 1.44 bits per heavy atom. The summed E-state index contributed by atoms with van der Waals surface area (Å²) in [4.78, 5) is 23.9. The Labute approximate surface area is 94.4 Å². The molecule has 0 atom stereocenters. The van der Waals surface area contributed by atoms with Crippen molar-refractivity contribution in [2.75, 3.05) is 0 Å². The van der Waals surface area contributed by atoms with Crippen LogP contribution in [0.1, 0.15) is 5.56 Å². The molecule has 0 spiro atoms. The summed E-state index contributed by atoms with van der Waals surface area (Å²) in [5.41, 5.74) is 0.265. The lowest BCUT2D eigenvalue weighted by Gasteiger charge is -2.04. The summed E-state index contributed by atoms with van der Waals surface area (Å²) >= 11 is 4.81. The molecule has 0 aliphatic rings. The molecule has 16 heavy (non-hydrogen) atoms. The molecule has 0 aliphatic carbocycles. The maximum absolute atomic E-state index is 13.4. The third-order valence-corrected chi connectivity index (χ3v) is 2.29. The van der Waals surface area contributed by atoms with Gasteiger partial charge in [0, 0.05) is 5.56 Å². The lowest BCUT2D eigenvalue weighted by molar-refractivity contribution is 0.616. The Balaban J connectivity index is 2.80. The van der Waals surface area contributed by atoms with E-state index < -0.39 is 5.82 Å². The van der Waals surface area contributed by atoms with Gasteiger partial charge in [-0.05, 0) is 19.1 Å². The van der Waals surface area contributed by atoms with Gasteiger partial charge in [0.15, 0.2) is 10.6 Å². The third-order valence-electron chi connectivity index (χ3n) is 2.09. The van der Waals surface area contributed by atoms with Gasteiger partial charge in [0.25, 0.3) is 5.56 Å². The van der Waals surface area contributed by atoms with E-state index in [1.54, 1.807) is 6.92 Å². The largest absolute Gasteiger partial charge is 0.330 e. The zero-order valence-electron chi connectivity index (χ0n) is 8.24. The van der Waals surface area contributed by atoms with Crippen LogP contribution in [0, 0.1) is 17.5 Å². The number of H-pyrrole nitrogens is 2. The van der Waals surface area contributed by atoms with Crippen LogP contribution in [0.2, 0.25) is 0 Å². The molecule has 0 fully saturated rings. The van der Waals surface area contributed by atoms with Gasteiger partial charge in [-0.2, -0.15) is 0 Å². The zero-order valence-corrected chi connectivity index (χ0v) is 9.06. The van der Waals surface area contributed by atoms with Crippen LogP contribution in [-0.4, -0.2) is 19.9 Å². The van der Waals surface area contributed by atoms with Gasteiger partial charge in [-0.1, -0.05) is 0 Å². The summed E-state index contributed by atoms with van der Waals surface area (Å²) in [5.74, 6) is -0.609. The molecule has 0 saturated heterocycles. The Morgan fingerprint density at radius 3 is 2.88 bits per heavy atom. The third kappa shape index (κ3) is 1.76. The number of hydrogen-bond donors (Lipinski definition) is 2.